The van der Waals surface area contributed by atoms with E-state index in [1.807, 2.05) is 18.5 Å². The lowest BCUT2D eigenvalue weighted by Crippen LogP contribution is -2.23. The third-order valence-corrected chi connectivity index (χ3v) is 4.49. The van der Waals surface area contributed by atoms with Crippen molar-refractivity contribution in [3.05, 3.63) is 5.82 Å². The highest BCUT2D eigenvalue weighted by molar-refractivity contribution is 7.99. The van der Waals surface area contributed by atoms with E-state index in [0.717, 1.165) is 29.2 Å². The highest BCUT2D eigenvalue weighted by Gasteiger charge is 2.13. The van der Waals surface area contributed by atoms with Crippen LogP contribution in [0.1, 0.15) is 31.5 Å². The molecule has 0 saturated heterocycles. The highest BCUT2D eigenvalue weighted by atomic mass is 32.2. The molecule has 1 N–H and O–H groups in total. The number of nitrogens with one attached hydrogen (secondary N) is 1. The monoisotopic (exact) mass is 254 g/mol. The van der Waals surface area contributed by atoms with Gasteiger partial charge in [0, 0.05) is 19.3 Å². The van der Waals surface area contributed by atoms with Gasteiger partial charge >= 0.3 is 0 Å². The Bertz CT molecular complexity index is 344. The van der Waals surface area contributed by atoms with Crippen molar-refractivity contribution in [1.82, 2.24) is 20.1 Å². The van der Waals surface area contributed by atoms with Gasteiger partial charge in [-0.15, -0.1) is 10.2 Å². The normalized spacial score (nSPS) is 16.8. The van der Waals surface area contributed by atoms with Crippen LogP contribution in [0.25, 0.3) is 0 Å². The van der Waals surface area contributed by atoms with Crippen LogP contribution in [0, 0.1) is 12.8 Å². The molecule has 4 nitrogen and oxygen atoms in total. The van der Waals surface area contributed by atoms with E-state index in [1.165, 1.54) is 32.2 Å². The number of hydrogen-bond acceptors (Lipinski definition) is 4. The Morgan fingerprint density at radius 3 is 2.76 bits per heavy atom. The zero-order chi connectivity index (χ0) is 12.1. The number of rotatable bonds is 6. The number of aryl methyl sites for hydroxylation is 1. The molecule has 0 aliphatic heterocycles. The fourth-order valence-electron chi connectivity index (χ4n) is 2.25. The smallest absolute Gasteiger partial charge is 0.190 e. The Morgan fingerprint density at radius 2 is 2.12 bits per heavy atom. The fourth-order valence-corrected chi connectivity index (χ4v) is 3.10. The van der Waals surface area contributed by atoms with Crippen LogP contribution in [0.15, 0.2) is 5.16 Å². The molecule has 0 amide bonds. The minimum Gasteiger partial charge on any atom is -0.316 e. The van der Waals surface area contributed by atoms with Gasteiger partial charge in [-0.1, -0.05) is 24.6 Å². The van der Waals surface area contributed by atoms with E-state index < -0.39 is 0 Å². The molecule has 0 radical (unpaired) electrons. The first-order valence-electron chi connectivity index (χ1n) is 6.47. The second kappa shape index (κ2) is 6.40. The van der Waals surface area contributed by atoms with E-state index in [9.17, 15) is 0 Å². The molecule has 2 rings (SSSR count). The lowest BCUT2D eigenvalue weighted by Gasteiger charge is -2.09. The van der Waals surface area contributed by atoms with Gasteiger partial charge in [-0.05, 0) is 32.2 Å². The Labute approximate surface area is 108 Å². The summed E-state index contributed by atoms with van der Waals surface area (Å²) >= 11 is 1.78. The van der Waals surface area contributed by atoms with Gasteiger partial charge < -0.3 is 9.88 Å². The van der Waals surface area contributed by atoms with E-state index >= 15 is 0 Å². The Morgan fingerprint density at radius 1 is 1.35 bits per heavy atom. The number of hydrogen-bond donors (Lipinski definition) is 1. The predicted octanol–water partition coefficient (Wildman–Crippen LogP) is 2.00. The lowest BCUT2D eigenvalue weighted by molar-refractivity contribution is 0.499. The number of nitrogens with zero attached hydrogens (tertiary/aromatic N) is 3. The summed E-state index contributed by atoms with van der Waals surface area (Å²) in [5, 5.41) is 12.8. The molecular formula is C12H22N4S. The molecule has 0 spiro atoms. The van der Waals surface area contributed by atoms with Gasteiger partial charge in [-0.2, -0.15) is 0 Å². The van der Waals surface area contributed by atoms with Gasteiger partial charge in [0.2, 0.25) is 0 Å². The van der Waals surface area contributed by atoms with Crippen LogP contribution in [0.3, 0.4) is 0 Å². The van der Waals surface area contributed by atoms with Crippen LogP contribution < -0.4 is 5.32 Å². The Balaban J connectivity index is 1.58. The molecule has 1 heterocycles. The largest absolute Gasteiger partial charge is 0.316 e. The Hall–Kier alpha value is -0.550. The Kier molecular flexibility index (Phi) is 4.86. The van der Waals surface area contributed by atoms with Crippen molar-refractivity contribution in [3.63, 3.8) is 0 Å². The maximum atomic E-state index is 4.14. The van der Waals surface area contributed by atoms with E-state index in [4.69, 9.17) is 0 Å². The minimum atomic E-state index is 0.928. The number of aromatic nitrogens is 3. The maximum absolute atomic E-state index is 4.14. The first-order chi connectivity index (χ1) is 8.27. The molecule has 0 bridgehead atoms. The summed E-state index contributed by atoms with van der Waals surface area (Å²) in [4.78, 5) is 0. The van der Waals surface area contributed by atoms with Crippen molar-refractivity contribution < 1.29 is 0 Å². The summed E-state index contributed by atoms with van der Waals surface area (Å²) in [5.74, 6) is 2.97. The summed E-state index contributed by atoms with van der Waals surface area (Å²) < 4.78 is 2.04. The molecule has 0 atom stereocenters. The minimum absolute atomic E-state index is 0.928. The average molecular weight is 254 g/mol. The standard InChI is InChI=1S/C12H22N4S/c1-10-14-15-12(16(10)2)17-8-7-13-9-11-5-3-4-6-11/h11,13H,3-9H2,1-2H3. The second-order valence-electron chi connectivity index (χ2n) is 4.79. The summed E-state index contributed by atoms with van der Waals surface area (Å²) in [6.07, 6.45) is 5.70. The molecule has 1 fully saturated rings. The zero-order valence-corrected chi connectivity index (χ0v) is 11.6. The van der Waals surface area contributed by atoms with Crippen molar-refractivity contribution in [2.24, 2.45) is 13.0 Å². The van der Waals surface area contributed by atoms with Crippen LogP contribution >= 0.6 is 11.8 Å². The lowest BCUT2D eigenvalue weighted by atomic mass is 10.1. The number of thioether (sulfide) groups is 1. The van der Waals surface area contributed by atoms with E-state index in [-0.39, 0.29) is 0 Å². The first-order valence-corrected chi connectivity index (χ1v) is 7.45. The van der Waals surface area contributed by atoms with Gasteiger partial charge in [0.25, 0.3) is 0 Å². The maximum Gasteiger partial charge on any atom is 0.190 e. The molecule has 1 aliphatic carbocycles. The van der Waals surface area contributed by atoms with Crippen LogP contribution in [0.5, 0.6) is 0 Å². The molecule has 1 aliphatic rings. The van der Waals surface area contributed by atoms with Crippen molar-refractivity contribution in [3.8, 4) is 0 Å². The van der Waals surface area contributed by atoms with Crippen LogP contribution in [-0.2, 0) is 7.05 Å². The summed E-state index contributed by atoms with van der Waals surface area (Å²) in [5.41, 5.74) is 0. The van der Waals surface area contributed by atoms with Gasteiger partial charge in [0.1, 0.15) is 5.82 Å². The van der Waals surface area contributed by atoms with Crippen molar-refractivity contribution in [2.75, 3.05) is 18.8 Å². The fraction of sp³-hybridized carbons (Fsp3) is 0.833. The van der Waals surface area contributed by atoms with Crippen LogP contribution in [-0.4, -0.2) is 33.6 Å². The van der Waals surface area contributed by atoms with Gasteiger partial charge in [-0.25, -0.2) is 0 Å². The van der Waals surface area contributed by atoms with Crippen molar-refractivity contribution in [1.29, 1.82) is 0 Å². The highest BCUT2D eigenvalue weighted by Crippen LogP contribution is 2.23. The summed E-state index contributed by atoms with van der Waals surface area (Å²) in [6, 6.07) is 0. The van der Waals surface area contributed by atoms with Crippen LogP contribution in [0.2, 0.25) is 0 Å². The van der Waals surface area contributed by atoms with Crippen LogP contribution in [0.4, 0.5) is 0 Å². The third kappa shape index (κ3) is 3.71. The SMILES string of the molecule is Cc1nnc(SCCNCC2CCCC2)n1C. The first kappa shape index (κ1) is 12.9. The van der Waals surface area contributed by atoms with E-state index in [1.54, 1.807) is 11.8 Å². The van der Waals surface area contributed by atoms with Gasteiger partial charge in [-0.3, -0.25) is 0 Å². The van der Waals surface area contributed by atoms with E-state index in [0.29, 0.717) is 0 Å². The second-order valence-corrected chi connectivity index (χ2v) is 5.85. The van der Waals surface area contributed by atoms with Crippen molar-refractivity contribution >= 4 is 11.8 Å². The molecule has 96 valence electrons. The van der Waals surface area contributed by atoms with Gasteiger partial charge in [0.15, 0.2) is 5.16 Å². The molecule has 17 heavy (non-hydrogen) atoms. The molecule has 0 aromatic carbocycles. The molecule has 1 aromatic heterocycles. The predicted molar refractivity (Wildman–Crippen MR) is 71.3 cm³/mol. The quantitative estimate of drug-likeness (QED) is 0.623. The van der Waals surface area contributed by atoms with E-state index in [2.05, 4.69) is 15.5 Å². The third-order valence-electron chi connectivity index (χ3n) is 3.47. The molecular weight excluding hydrogens is 232 g/mol. The molecule has 0 unspecified atom stereocenters. The summed E-state index contributed by atoms with van der Waals surface area (Å²) in [6.45, 7) is 4.24. The van der Waals surface area contributed by atoms with Crippen molar-refractivity contribution in [2.45, 2.75) is 37.8 Å². The molecule has 5 heteroatoms. The zero-order valence-electron chi connectivity index (χ0n) is 10.8. The van der Waals surface area contributed by atoms with Gasteiger partial charge in [0.05, 0.1) is 0 Å². The average Bonchev–Trinajstić information content (AvgIpc) is 2.93. The topological polar surface area (TPSA) is 42.7 Å². The summed E-state index contributed by atoms with van der Waals surface area (Å²) in [7, 11) is 2.02. The molecule has 1 aromatic rings. The molecule has 1 saturated carbocycles.